The number of amides is 1. The summed E-state index contributed by atoms with van der Waals surface area (Å²) in [6.07, 6.45) is 3.36. The largest absolute Gasteiger partial charge is 0.321 e. The van der Waals surface area contributed by atoms with E-state index in [-0.39, 0.29) is 5.91 Å². The number of nitrogens with one attached hydrogen (secondary N) is 1. The molecule has 0 saturated heterocycles. The molecule has 1 aliphatic carbocycles. The Bertz CT molecular complexity index is 727. The van der Waals surface area contributed by atoms with Gasteiger partial charge in [0, 0.05) is 10.6 Å². The van der Waals surface area contributed by atoms with Gasteiger partial charge in [0.1, 0.15) is 0 Å². The van der Waals surface area contributed by atoms with Crippen LogP contribution in [0.15, 0.2) is 30.3 Å². The summed E-state index contributed by atoms with van der Waals surface area (Å²) >= 11 is 1.60. The predicted octanol–water partition coefficient (Wildman–Crippen LogP) is 4.00. The Kier molecular flexibility index (Phi) is 3.76. The Labute approximate surface area is 128 Å². The monoisotopic (exact) mass is 296 g/mol. The first kappa shape index (κ1) is 13.8. The molecule has 0 spiro atoms. The number of thiophene rings is 1. The highest BCUT2D eigenvalue weighted by Gasteiger charge is 2.20. The smallest absolute Gasteiger partial charge is 0.265 e. The molecule has 1 aromatic carbocycles. The predicted molar refractivity (Wildman–Crippen MR) is 84.6 cm³/mol. The molecule has 0 saturated carbocycles. The second kappa shape index (κ2) is 5.71. The zero-order chi connectivity index (χ0) is 14.8. The third-order valence-electron chi connectivity index (χ3n) is 3.80. The fourth-order valence-electron chi connectivity index (χ4n) is 2.68. The lowest BCUT2D eigenvalue weighted by Crippen LogP contribution is -2.10. The fourth-order valence-corrected chi connectivity index (χ4v) is 3.78. The molecule has 1 heterocycles. The Balaban J connectivity index is 1.78. The van der Waals surface area contributed by atoms with E-state index in [2.05, 4.69) is 18.3 Å². The van der Waals surface area contributed by atoms with Crippen LogP contribution in [0.2, 0.25) is 0 Å². The second-order valence-electron chi connectivity index (χ2n) is 5.55. The molecule has 4 heteroatoms. The number of aryl methyl sites for hydroxylation is 1. The molecular weight excluding hydrogens is 280 g/mol. The normalized spacial score (nSPS) is 16.9. The third-order valence-corrected chi connectivity index (χ3v) is 5.04. The summed E-state index contributed by atoms with van der Waals surface area (Å²) in [4.78, 5) is 14.4. The summed E-state index contributed by atoms with van der Waals surface area (Å²) in [7, 11) is 0. The van der Waals surface area contributed by atoms with Gasteiger partial charge in [-0.3, -0.25) is 4.79 Å². The van der Waals surface area contributed by atoms with Gasteiger partial charge >= 0.3 is 0 Å². The van der Waals surface area contributed by atoms with Gasteiger partial charge in [-0.15, -0.1) is 11.3 Å². The lowest BCUT2D eigenvalue weighted by atomic mass is 9.90. The van der Waals surface area contributed by atoms with Crippen LogP contribution in [0.25, 0.3) is 0 Å². The average molecular weight is 296 g/mol. The van der Waals surface area contributed by atoms with Crippen molar-refractivity contribution in [3.63, 3.8) is 0 Å². The van der Waals surface area contributed by atoms with Gasteiger partial charge in [0.2, 0.25) is 0 Å². The van der Waals surface area contributed by atoms with Crippen molar-refractivity contribution in [1.29, 1.82) is 5.26 Å². The van der Waals surface area contributed by atoms with Crippen molar-refractivity contribution in [1.82, 2.24) is 0 Å². The molecular formula is C17H16N2OS. The molecule has 1 N–H and O–H groups in total. The Morgan fingerprint density at radius 3 is 3.10 bits per heavy atom. The summed E-state index contributed by atoms with van der Waals surface area (Å²) in [5.41, 5.74) is 2.54. The summed E-state index contributed by atoms with van der Waals surface area (Å²) in [5.74, 6) is 0.618. The van der Waals surface area contributed by atoms with E-state index >= 15 is 0 Å². The summed E-state index contributed by atoms with van der Waals surface area (Å²) in [6, 6.07) is 11.1. The second-order valence-corrected chi connectivity index (χ2v) is 6.69. The molecule has 106 valence electrons. The van der Waals surface area contributed by atoms with Crippen molar-refractivity contribution in [3.05, 3.63) is 51.2 Å². The van der Waals surface area contributed by atoms with E-state index in [1.807, 2.05) is 6.07 Å². The van der Waals surface area contributed by atoms with Crippen molar-refractivity contribution in [2.45, 2.75) is 26.2 Å². The summed E-state index contributed by atoms with van der Waals surface area (Å²) in [6.45, 7) is 2.26. The molecule has 3 rings (SSSR count). The van der Waals surface area contributed by atoms with Gasteiger partial charge in [-0.05, 0) is 55.0 Å². The standard InChI is InChI=1S/C17H16N2OS/c1-11-5-6-15-13(7-11)9-16(21-15)17(20)19-14-4-2-3-12(8-14)10-18/h2-4,8-9,11H,5-7H2,1H3,(H,19,20)/t11-/m1/s1. The fraction of sp³-hybridized carbons (Fsp3) is 0.294. The highest BCUT2D eigenvalue weighted by molar-refractivity contribution is 7.14. The van der Waals surface area contributed by atoms with Crippen LogP contribution in [0.5, 0.6) is 0 Å². The minimum Gasteiger partial charge on any atom is -0.321 e. The van der Waals surface area contributed by atoms with E-state index in [0.29, 0.717) is 17.2 Å². The SMILES string of the molecule is C[C@@H]1CCc2sc(C(=O)Nc3cccc(C#N)c3)cc2C1. The molecule has 2 aromatic rings. The van der Waals surface area contributed by atoms with Crippen LogP contribution >= 0.6 is 11.3 Å². The van der Waals surface area contributed by atoms with Gasteiger partial charge in [-0.2, -0.15) is 5.26 Å². The number of carbonyl (C=O) groups excluding carboxylic acids is 1. The lowest BCUT2D eigenvalue weighted by Gasteiger charge is -2.16. The first-order valence-corrected chi connectivity index (χ1v) is 7.90. The molecule has 1 amide bonds. The average Bonchev–Trinajstić information content (AvgIpc) is 2.90. The van der Waals surface area contributed by atoms with Crippen molar-refractivity contribution >= 4 is 22.9 Å². The number of benzene rings is 1. The first-order chi connectivity index (χ1) is 10.2. The Morgan fingerprint density at radius 2 is 2.29 bits per heavy atom. The molecule has 0 unspecified atom stereocenters. The highest BCUT2D eigenvalue weighted by atomic mass is 32.1. The van der Waals surface area contributed by atoms with Gasteiger partial charge in [-0.1, -0.05) is 13.0 Å². The molecule has 0 aliphatic heterocycles. The maximum atomic E-state index is 12.3. The van der Waals surface area contributed by atoms with Crippen LogP contribution in [-0.2, 0) is 12.8 Å². The van der Waals surface area contributed by atoms with Gasteiger partial charge in [0.15, 0.2) is 0 Å². The summed E-state index contributed by atoms with van der Waals surface area (Å²) in [5, 5.41) is 11.8. The van der Waals surface area contributed by atoms with E-state index < -0.39 is 0 Å². The van der Waals surface area contributed by atoms with E-state index in [1.54, 1.807) is 35.6 Å². The zero-order valence-corrected chi connectivity index (χ0v) is 12.7. The quantitative estimate of drug-likeness (QED) is 0.910. The molecule has 1 atom stereocenters. The molecule has 1 aromatic heterocycles. The van der Waals surface area contributed by atoms with E-state index in [1.165, 1.54) is 16.9 Å². The van der Waals surface area contributed by atoms with Gasteiger partial charge in [0.05, 0.1) is 16.5 Å². The maximum absolute atomic E-state index is 12.3. The number of rotatable bonds is 2. The van der Waals surface area contributed by atoms with Crippen molar-refractivity contribution in [2.75, 3.05) is 5.32 Å². The van der Waals surface area contributed by atoms with Gasteiger partial charge < -0.3 is 5.32 Å². The van der Waals surface area contributed by atoms with Crippen molar-refractivity contribution < 1.29 is 4.79 Å². The van der Waals surface area contributed by atoms with Gasteiger partial charge in [0.25, 0.3) is 5.91 Å². The van der Waals surface area contributed by atoms with E-state index in [0.717, 1.165) is 17.7 Å². The first-order valence-electron chi connectivity index (χ1n) is 7.09. The van der Waals surface area contributed by atoms with Crippen LogP contribution in [0.1, 0.15) is 39.0 Å². The van der Waals surface area contributed by atoms with Crippen molar-refractivity contribution in [2.24, 2.45) is 5.92 Å². The van der Waals surface area contributed by atoms with E-state index in [4.69, 9.17) is 5.26 Å². The highest BCUT2D eigenvalue weighted by Crippen LogP contribution is 2.32. The van der Waals surface area contributed by atoms with Crippen LogP contribution in [-0.4, -0.2) is 5.91 Å². The molecule has 0 radical (unpaired) electrons. The van der Waals surface area contributed by atoms with Crippen LogP contribution in [0.3, 0.4) is 0 Å². The maximum Gasteiger partial charge on any atom is 0.265 e. The van der Waals surface area contributed by atoms with Gasteiger partial charge in [-0.25, -0.2) is 0 Å². The molecule has 21 heavy (non-hydrogen) atoms. The number of hydrogen-bond acceptors (Lipinski definition) is 3. The number of carbonyl (C=O) groups is 1. The number of nitriles is 1. The number of hydrogen-bond donors (Lipinski definition) is 1. The Morgan fingerprint density at radius 1 is 1.43 bits per heavy atom. The van der Waals surface area contributed by atoms with Crippen molar-refractivity contribution in [3.8, 4) is 6.07 Å². The minimum absolute atomic E-state index is 0.0860. The summed E-state index contributed by atoms with van der Waals surface area (Å²) < 4.78 is 0. The Hall–Kier alpha value is -2.12. The van der Waals surface area contributed by atoms with Crippen LogP contribution < -0.4 is 5.32 Å². The number of fused-ring (bicyclic) bond motifs is 1. The number of nitrogens with zero attached hydrogens (tertiary/aromatic N) is 1. The van der Waals surface area contributed by atoms with Crippen LogP contribution in [0.4, 0.5) is 5.69 Å². The molecule has 0 bridgehead atoms. The van der Waals surface area contributed by atoms with Crippen LogP contribution in [0, 0.1) is 17.2 Å². The molecule has 0 fully saturated rings. The zero-order valence-electron chi connectivity index (χ0n) is 11.8. The topological polar surface area (TPSA) is 52.9 Å². The minimum atomic E-state index is -0.0860. The van der Waals surface area contributed by atoms with E-state index in [9.17, 15) is 4.79 Å². The third kappa shape index (κ3) is 2.98. The molecule has 3 nitrogen and oxygen atoms in total. The molecule has 1 aliphatic rings. The number of anilines is 1. The lowest BCUT2D eigenvalue weighted by molar-refractivity contribution is 0.103.